The molecule has 0 unspecified atom stereocenters. The lowest BCUT2D eigenvalue weighted by molar-refractivity contribution is -0.118. The first kappa shape index (κ1) is 14.8. The van der Waals surface area contributed by atoms with E-state index >= 15 is 0 Å². The van der Waals surface area contributed by atoms with Gasteiger partial charge in [-0.25, -0.2) is 0 Å². The van der Waals surface area contributed by atoms with Gasteiger partial charge in [-0.1, -0.05) is 41.5 Å². The highest BCUT2D eigenvalue weighted by atomic mass is 16.1. The average Bonchev–Trinajstić information content (AvgIpc) is 2.59. The van der Waals surface area contributed by atoms with Crippen LogP contribution in [0.1, 0.15) is 58.4 Å². The van der Waals surface area contributed by atoms with Crippen molar-refractivity contribution in [1.29, 1.82) is 0 Å². The third-order valence-electron chi connectivity index (χ3n) is 4.14. The Labute approximate surface area is 122 Å². The quantitative estimate of drug-likeness (QED) is 0.640. The molecule has 0 radical (unpaired) electrons. The molecule has 1 nitrogen and oxygen atoms in total. The zero-order chi connectivity index (χ0) is 14.7. The Kier molecular flexibility index (Phi) is 4.59. The molecule has 1 aliphatic rings. The van der Waals surface area contributed by atoms with Crippen molar-refractivity contribution in [1.82, 2.24) is 0 Å². The number of rotatable bonds is 1. The lowest BCUT2D eigenvalue weighted by atomic mass is 9.87. The van der Waals surface area contributed by atoms with Crippen LogP contribution in [0.25, 0.3) is 0 Å². The molecule has 0 saturated heterocycles. The summed E-state index contributed by atoms with van der Waals surface area (Å²) >= 11 is 0. The van der Waals surface area contributed by atoms with Crippen molar-refractivity contribution < 1.29 is 4.79 Å². The molecule has 1 heteroatoms. The van der Waals surface area contributed by atoms with Crippen LogP contribution >= 0.6 is 0 Å². The Morgan fingerprint density at radius 3 is 2.05 bits per heavy atom. The lowest BCUT2D eigenvalue weighted by Crippen LogP contribution is -2.03. The molecule has 0 aliphatic heterocycles. The van der Waals surface area contributed by atoms with Crippen LogP contribution in [-0.2, 0) is 4.79 Å². The molecule has 1 aromatic carbocycles. The molecule has 1 fully saturated rings. The molecule has 1 aliphatic carbocycles. The zero-order valence-electron chi connectivity index (χ0n) is 13.0. The van der Waals surface area contributed by atoms with Crippen molar-refractivity contribution in [2.75, 3.05) is 0 Å². The van der Waals surface area contributed by atoms with Gasteiger partial charge in [0.25, 0.3) is 0 Å². The molecule has 0 N–H and O–H groups in total. The summed E-state index contributed by atoms with van der Waals surface area (Å²) in [6.45, 7) is 8.56. The fraction of sp³-hybridized carbons (Fsp3) is 0.421. The van der Waals surface area contributed by atoms with Crippen LogP contribution in [0.2, 0.25) is 0 Å². The van der Waals surface area contributed by atoms with Gasteiger partial charge >= 0.3 is 0 Å². The number of carbonyl (C=O) groups excluding carboxylic acids is 1. The molecule has 1 saturated carbocycles. The monoisotopic (exact) mass is 268 g/mol. The predicted octanol–water partition coefficient (Wildman–Crippen LogP) is 5.20. The average molecular weight is 268 g/mol. The maximum absolute atomic E-state index is 12.3. The number of benzene rings is 1. The van der Waals surface area contributed by atoms with Crippen LogP contribution in [0.15, 0.2) is 52.6 Å². The van der Waals surface area contributed by atoms with Crippen molar-refractivity contribution in [2.45, 2.75) is 52.9 Å². The first-order valence-corrected chi connectivity index (χ1v) is 7.38. The highest BCUT2D eigenvalue weighted by Crippen LogP contribution is 2.38. The second-order valence-corrected chi connectivity index (χ2v) is 6.19. The molecule has 106 valence electrons. The molecule has 1 atom stereocenters. The molecule has 2 rings (SSSR count). The van der Waals surface area contributed by atoms with Gasteiger partial charge in [-0.3, -0.25) is 4.79 Å². The minimum atomic E-state index is 0.324. The molecule has 0 bridgehead atoms. The summed E-state index contributed by atoms with van der Waals surface area (Å²) in [6.07, 6.45) is 2.25. The van der Waals surface area contributed by atoms with Gasteiger partial charge in [0.15, 0.2) is 0 Å². The minimum Gasteiger partial charge on any atom is -0.299 e. The van der Waals surface area contributed by atoms with E-state index in [0.29, 0.717) is 24.5 Å². The van der Waals surface area contributed by atoms with Crippen LogP contribution in [0.5, 0.6) is 0 Å². The molecular weight excluding hydrogens is 244 g/mol. The van der Waals surface area contributed by atoms with Gasteiger partial charge in [0.2, 0.25) is 0 Å². The third-order valence-corrected chi connectivity index (χ3v) is 4.14. The topological polar surface area (TPSA) is 17.1 Å². The number of carbonyl (C=O) groups is 1. The van der Waals surface area contributed by atoms with Crippen molar-refractivity contribution >= 4 is 5.78 Å². The smallest absolute Gasteiger partial charge is 0.137 e. The molecule has 0 amide bonds. The first-order valence-electron chi connectivity index (χ1n) is 7.38. The van der Waals surface area contributed by atoms with Crippen LogP contribution in [0, 0.1) is 0 Å². The van der Waals surface area contributed by atoms with E-state index in [-0.39, 0.29) is 0 Å². The minimum absolute atomic E-state index is 0.324. The Morgan fingerprint density at radius 1 is 0.900 bits per heavy atom. The highest BCUT2D eigenvalue weighted by Gasteiger charge is 2.25. The first-order chi connectivity index (χ1) is 9.49. The van der Waals surface area contributed by atoms with E-state index in [4.69, 9.17) is 0 Å². The van der Waals surface area contributed by atoms with Crippen LogP contribution in [0.3, 0.4) is 0 Å². The summed E-state index contributed by atoms with van der Waals surface area (Å²) in [7, 11) is 0. The number of allylic oxidation sites excluding steroid dienone is 4. The Balaban J connectivity index is 2.43. The predicted molar refractivity (Wildman–Crippen MR) is 84.8 cm³/mol. The van der Waals surface area contributed by atoms with Gasteiger partial charge in [0, 0.05) is 12.8 Å². The van der Waals surface area contributed by atoms with Gasteiger partial charge in [-0.05, 0) is 56.7 Å². The highest BCUT2D eigenvalue weighted by molar-refractivity contribution is 5.84. The molecule has 0 heterocycles. The van der Waals surface area contributed by atoms with Gasteiger partial charge in [0.1, 0.15) is 5.78 Å². The fourth-order valence-corrected chi connectivity index (χ4v) is 3.04. The number of ketones is 1. The zero-order valence-corrected chi connectivity index (χ0v) is 13.0. The maximum atomic E-state index is 12.3. The van der Waals surface area contributed by atoms with Gasteiger partial charge < -0.3 is 0 Å². The van der Waals surface area contributed by atoms with Crippen LogP contribution < -0.4 is 0 Å². The second kappa shape index (κ2) is 6.21. The molecular formula is C19H24O. The number of hydrogen-bond donors (Lipinski definition) is 0. The van der Waals surface area contributed by atoms with E-state index in [2.05, 4.69) is 52.0 Å². The summed E-state index contributed by atoms with van der Waals surface area (Å²) in [5, 5.41) is 0. The molecule has 0 aromatic heterocycles. The summed E-state index contributed by atoms with van der Waals surface area (Å²) in [5.41, 5.74) is 6.58. The van der Waals surface area contributed by atoms with Crippen molar-refractivity contribution in [3.63, 3.8) is 0 Å². The van der Waals surface area contributed by atoms with E-state index in [0.717, 1.165) is 6.42 Å². The maximum Gasteiger partial charge on any atom is 0.137 e. The van der Waals surface area contributed by atoms with E-state index in [1.165, 1.54) is 27.9 Å². The van der Waals surface area contributed by atoms with Gasteiger partial charge in [0.05, 0.1) is 0 Å². The largest absolute Gasteiger partial charge is 0.299 e. The van der Waals surface area contributed by atoms with Gasteiger partial charge in [-0.15, -0.1) is 0 Å². The van der Waals surface area contributed by atoms with E-state index in [1.54, 1.807) is 0 Å². The summed E-state index contributed by atoms with van der Waals surface area (Å²) in [4.78, 5) is 12.3. The number of hydrogen-bond acceptors (Lipinski definition) is 1. The normalized spacial score (nSPS) is 19.8. The van der Waals surface area contributed by atoms with E-state index in [1.807, 2.05) is 6.07 Å². The number of Topliss-reactive ketones (excluding diaryl/α,β-unsaturated/α-hetero) is 1. The van der Waals surface area contributed by atoms with Crippen LogP contribution in [0.4, 0.5) is 0 Å². The fourth-order valence-electron chi connectivity index (χ4n) is 3.04. The molecule has 20 heavy (non-hydrogen) atoms. The summed E-state index contributed by atoms with van der Waals surface area (Å²) < 4.78 is 0. The van der Waals surface area contributed by atoms with Gasteiger partial charge in [-0.2, -0.15) is 0 Å². The van der Waals surface area contributed by atoms with Crippen molar-refractivity contribution in [2.24, 2.45) is 0 Å². The van der Waals surface area contributed by atoms with Crippen molar-refractivity contribution in [3.8, 4) is 0 Å². The Bertz CT molecular complexity index is 553. The molecule has 1 aromatic rings. The molecule has 0 spiro atoms. The third kappa shape index (κ3) is 3.27. The Morgan fingerprint density at radius 2 is 1.50 bits per heavy atom. The standard InChI is InChI=1S/C19H24O/c1-13(2)18-11-16(15-8-6-5-7-9-15)10-17(20)12-19(18)14(3)4/h5-9,16H,10-12H2,1-4H3/t16-/m0/s1. The van der Waals surface area contributed by atoms with E-state index in [9.17, 15) is 4.79 Å². The van der Waals surface area contributed by atoms with Crippen molar-refractivity contribution in [3.05, 3.63) is 58.2 Å². The lowest BCUT2D eigenvalue weighted by Gasteiger charge is -2.17. The van der Waals surface area contributed by atoms with E-state index < -0.39 is 0 Å². The Hall–Kier alpha value is -1.63. The SMILES string of the molecule is CC(C)=C1CC(=O)C[C@H](c2ccccc2)CC1=C(C)C. The van der Waals surface area contributed by atoms with Crippen LogP contribution in [-0.4, -0.2) is 5.78 Å². The summed E-state index contributed by atoms with van der Waals surface area (Å²) in [6, 6.07) is 10.5. The summed E-state index contributed by atoms with van der Waals surface area (Å²) in [5.74, 6) is 0.691. The second-order valence-electron chi connectivity index (χ2n) is 6.19.